The molecule has 1 rings (SSSR count). The number of rotatable bonds is 2. The van der Waals surface area contributed by atoms with E-state index >= 15 is 0 Å². The standard InChI is InChI=1S/C8H12N2S2/c1-8(2)6-12-7(11)10(8)5-3-4-9/h3,5-6H2,1-2H3. The zero-order valence-electron chi connectivity index (χ0n) is 7.33. The van der Waals surface area contributed by atoms with E-state index in [1.54, 1.807) is 11.8 Å². The van der Waals surface area contributed by atoms with E-state index in [-0.39, 0.29) is 5.54 Å². The van der Waals surface area contributed by atoms with Crippen molar-refractivity contribution in [3.63, 3.8) is 0 Å². The summed E-state index contributed by atoms with van der Waals surface area (Å²) in [5.74, 6) is 1.04. The molecule has 2 nitrogen and oxygen atoms in total. The van der Waals surface area contributed by atoms with Crippen molar-refractivity contribution in [1.29, 1.82) is 5.26 Å². The van der Waals surface area contributed by atoms with E-state index in [2.05, 4.69) is 24.8 Å². The Labute approximate surface area is 82.9 Å². The number of nitrogens with zero attached hydrogens (tertiary/aromatic N) is 2. The fourth-order valence-electron chi connectivity index (χ4n) is 1.20. The molecule has 4 heteroatoms. The summed E-state index contributed by atoms with van der Waals surface area (Å²) in [6.07, 6.45) is 0.560. The second-order valence-electron chi connectivity index (χ2n) is 3.43. The predicted octanol–water partition coefficient (Wildman–Crippen LogP) is 2.01. The first-order valence-electron chi connectivity index (χ1n) is 3.89. The van der Waals surface area contributed by atoms with Gasteiger partial charge in [0, 0.05) is 17.8 Å². The highest BCUT2D eigenvalue weighted by atomic mass is 32.2. The molecule has 0 aromatic carbocycles. The van der Waals surface area contributed by atoms with Crippen LogP contribution >= 0.6 is 24.0 Å². The topological polar surface area (TPSA) is 27.0 Å². The number of thiocarbonyl (C=S) groups is 1. The third-order valence-electron chi connectivity index (χ3n) is 1.95. The Balaban J connectivity index is 2.60. The molecule has 0 unspecified atom stereocenters. The Hall–Kier alpha value is -0.270. The van der Waals surface area contributed by atoms with Crippen LogP contribution in [0.3, 0.4) is 0 Å². The Morgan fingerprint density at radius 1 is 1.75 bits per heavy atom. The summed E-state index contributed by atoms with van der Waals surface area (Å²) in [6, 6.07) is 2.14. The van der Waals surface area contributed by atoms with Gasteiger partial charge in [0.25, 0.3) is 0 Å². The maximum atomic E-state index is 8.46. The Morgan fingerprint density at radius 3 is 2.83 bits per heavy atom. The maximum Gasteiger partial charge on any atom is 0.136 e. The van der Waals surface area contributed by atoms with Crippen LogP contribution in [0.25, 0.3) is 0 Å². The van der Waals surface area contributed by atoms with Crippen LogP contribution in [0.15, 0.2) is 0 Å². The van der Waals surface area contributed by atoms with E-state index in [1.165, 1.54) is 0 Å². The molecule has 1 fully saturated rings. The number of hydrogen-bond acceptors (Lipinski definition) is 3. The van der Waals surface area contributed by atoms with E-state index in [0.29, 0.717) is 6.42 Å². The Morgan fingerprint density at radius 2 is 2.42 bits per heavy atom. The van der Waals surface area contributed by atoms with Gasteiger partial charge in [0.2, 0.25) is 0 Å². The summed E-state index contributed by atoms with van der Waals surface area (Å²) < 4.78 is 0.940. The summed E-state index contributed by atoms with van der Waals surface area (Å²) in [5, 5.41) is 8.46. The molecule has 1 aliphatic rings. The molecule has 1 heterocycles. The minimum Gasteiger partial charge on any atom is -0.351 e. The largest absolute Gasteiger partial charge is 0.351 e. The molecule has 1 aliphatic heterocycles. The van der Waals surface area contributed by atoms with Crippen molar-refractivity contribution in [2.45, 2.75) is 25.8 Å². The fraction of sp³-hybridized carbons (Fsp3) is 0.750. The van der Waals surface area contributed by atoms with Gasteiger partial charge < -0.3 is 4.90 Å². The van der Waals surface area contributed by atoms with E-state index in [1.807, 2.05) is 0 Å². The van der Waals surface area contributed by atoms with Crippen LogP contribution in [0.4, 0.5) is 0 Å². The molecule has 0 radical (unpaired) electrons. The lowest BCUT2D eigenvalue weighted by Gasteiger charge is -2.31. The van der Waals surface area contributed by atoms with E-state index in [4.69, 9.17) is 17.5 Å². The lowest BCUT2D eigenvalue weighted by molar-refractivity contribution is 0.265. The molecule has 66 valence electrons. The zero-order valence-corrected chi connectivity index (χ0v) is 8.97. The first-order valence-corrected chi connectivity index (χ1v) is 5.28. The van der Waals surface area contributed by atoms with Crippen molar-refractivity contribution in [2.75, 3.05) is 12.3 Å². The van der Waals surface area contributed by atoms with Crippen LogP contribution in [-0.4, -0.2) is 27.1 Å². The molecule has 1 saturated heterocycles. The van der Waals surface area contributed by atoms with Crippen LogP contribution in [0, 0.1) is 11.3 Å². The smallest absolute Gasteiger partial charge is 0.136 e. The van der Waals surface area contributed by atoms with Gasteiger partial charge in [0.05, 0.1) is 12.5 Å². The van der Waals surface area contributed by atoms with Crippen molar-refractivity contribution in [3.8, 4) is 6.07 Å². The van der Waals surface area contributed by atoms with Gasteiger partial charge in [-0.25, -0.2) is 0 Å². The van der Waals surface area contributed by atoms with Crippen LogP contribution < -0.4 is 0 Å². The molecule has 0 atom stereocenters. The monoisotopic (exact) mass is 200 g/mol. The van der Waals surface area contributed by atoms with Crippen molar-refractivity contribution in [2.24, 2.45) is 0 Å². The van der Waals surface area contributed by atoms with Crippen molar-refractivity contribution < 1.29 is 0 Å². The summed E-state index contributed by atoms with van der Waals surface area (Å²) in [7, 11) is 0. The van der Waals surface area contributed by atoms with Gasteiger partial charge in [-0.1, -0.05) is 24.0 Å². The van der Waals surface area contributed by atoms with Gasteiger partial charge in [-0.2, -0.15) is 5.26 Å². The Bertz CT molecular complexity index is 230. The first kappa shape index (κ1) is 9.82. The van der Waals surface area contributed by atoms with Gasteiger partial charge in [0.15, 0.2) is 0 Å². The van der Waals surface area contributed by atoms with Gasteiger partial charge in [-0.3, -0.25) is 0 Å². The van der Waals surface area contributed by atoms with Gasteiger partial charge in [0.1, 0.15) is 4.32 Å². The molecule has 12 heavy (non-hydrogen) atoms. The van der Waals surface area contributed by atoms with Gasteiger partial charge in [-0.05, 0) is 13.8 Å². The highest BCUT2D eigenvalue weighted by molar-refractivity contribution is 8.23. The third kappa shape index (κ3) is 1.90. The lowest BCUT2D eigenvalue weighted by atomic mass is 10.1. The highest BCUT2D eigenvalue weighted by Gasteiger charge is 2.35. The lowest BCUT2D eigenvalue weighted by Crippen LogP contribution is -2.42. The number of nitriles is 1. The molecular formula is C8H12N2S2. The van der Waals surface area contributed by atoms with E-state index in [0.717, 1.165) is 16.6 Å². The first-order chi connectivity index (χ1) is 5.58. The van der Waals surface area contributed by atoms with Crippen LogP contribution in [0.2, 0.25) is 0 Å². The average Bonchev–Trinajstić information content (AvgIpc) is 2.24. The minimum absolute atomic E-state index is 0.137. The molecular weight excluding hydrogens is 188 g/mol. The normalized spacial score (nSPS) is 21.1. The van der Waals surface area contributed by atoms with Gasteiger partial charge >= 0.3 is 0 Å². The molecule has 0 saturated carbocycles. The molecule has 0 N–H and O–H groups in total. The summed E-state index contributed by atoms with van der Waals surface area (Å²) >= 11 is 6.89. The number of thioether (sulfide) groups is 1. The third-order valence-corrected chi connectivity index (χ3v) is 3.84. The zero-order chi connectivity index (χ0) is 9.19. The van der Waals surface area contributed by atoms with E-state index < -0.39 is 0 Å². The van der Waals surface area contributed by atoms with Crippen molar-refractivity contribution in [1.82, 2.24) is 4.90 Å². The molecule has 0 aliphatic carbocycles. The van der Waals surface area contributed by atoms with Crippen molar-refractivity contribution >= 4 is 28.3 Å². The molecule has 0 aromatic rings. The average molecular weight is 200 g/mol. The molecule has 0 bridgehead atoms. The number of hydrogen-bond donors (Lipinski definition) is 0. The second-order valence-corrected chi connectivity index (χ2v) is 5.04. The SMILES string of the molecule is CC1(C)CSC(=S)N1CCC#N. The summed E-state index contributed by atoms with van der Waals surface area (Å²) in [4.78, 5) is 2.15. The summed E-state index contributed by atoms with van der Waals surface area (Å²) in [5.41, 5.74) is 0.137. The van der Waals surface area contributed by atoms with Crippen LogP contribution in [-0.2, 0) is 0 Å². The molecule has 0 aromatic heterocycles. The Kier molecular flexibility index (Phi) is 2.97. The molecule has 0 amide bonds. The minimum atomic E-state index is 0.137. The quantitative estimate of drug-likeness (QED) is 0.637. The van der Waals surface area contributed by atoms with E-state index in [9.17, 15) is 0 Å². The fourth-order valence-corrected chi connectivity index (χ4v) is 2.84. The predicted molar refractivity (Wildman–Crippen MR) is 56.1 cm³/mol. The second kappa shape index (κ2) is 3.63. The molecule has 0 spiro atoms. The van der Waals surface area contributed by atoms with Gasteiger partial charge in [-0.15, -0.1) is 0 Å². The maximum absolute atomic E-state index is 8.46. The highest BCUT2D eigenvalue weighted by Crippen LogP contribution is 2.32. The van der Waals surface area contributed by atoms with Crippen LogP contribution in [0.1, 0.15) is 20.3 Å². The van der Waals surface area contributed by atoms with Crippen molar-refractivity contribution in [3.05, 3.63) is 0 Å². The van der Waals surface area contributed by atoms with Crippen LogP contribution in [0.5, 0.6) is 0 Å². The summed E-state index contributed by atoms with van der Waals surface area (Å²) in [6.45, 7) is 5.10.